The number of fused-ring (bicyclic) bond motifs is 1. The van der Waals surface area contributed by atoms with Crippen LogP contribution in [0.25, 0.3) is 22.3 Å². The number of carbonyl (C=O) groups is 1. The molecule has 1 N–H and O–H groups in total. The van der Waals surface area contributed by atoms with Crippen LogP contribution in [-0.4, -0.2) is 49.3 Å². The SMILES string of the molecule is Cn1cnc2cc(-c3cnn(C(C)(C)C)c3)nc(O[C@H](CC(F)F)C3=CC(=O)NC3)c21. The van der Waals surface area contributed by atoms with Crippen molar-refractivity contribution in [2.75, 3.05) is 6.54 Å². The molecular formula is C21H24F2N6O2. The highest BCUT2D eigenvalue weighted by atomic mass is 19.3. The topological polar surface area (TPSA) is 86.9 Å². The van der Waals surface area contributed by atoms with Gasteiger partial charge in [-0.15, -0.1) is 0 Å². The van der Waals surface area contributed by atoms with Crippen LogP contribution in [-0.2, 0) is 17.4 Å². The van der Waals surface area contributed by atoms with E-state index in [0.29, 0.717) is 22.3 Å². The van der Waals surface area contributed by atoms with Crippen LogP contribution in [0.2, 0.25) is 0 Å². The van der Waals surface area contributed by atoms with E-state index in [2.05, 4.69) is 20.4 Å². The highest BCUT2D eigenvalue weighted by molar-refractivity contribution is 5.91. The quantitative estimate of drug-likeness (QED) is 0.650. The predicted molar refractivity (Wildman–Crippen MR) is 111 cm³/mol. The van der Waals surface area contributed by atoms with E-state index in [1.165, 1.54) is 6.08 Å². The van der Waals surface area contributed by atoms with Crippen LogP contribution < -0.4 is 10.1 Å². The molecule has 1 aliphatic rings. The molecule has 0 saturated heterocycles. The average Bonchev–Trinajstić information content (AvgIpc) is 3.40. The first-order chi connectivity index (χ1) is 14.6. The van der Waals surface area contributed by atoms with E-state index in [-0.39, 0.29) is 23.9 Å². The number of pyridine rings is 1. The molecule has 0 bridgehead atoms. The molecule has 1 aliphatic heterocycles. The van der Waals surface area contributed by atoms with E-state index >= 15 is 0 Å². The zero-order valence-electron chi connectivity index (χ0n) is 17.8. The predicted octanol–water partition coefficient (Wildman–Crippen LogP) is 3.05. The highest BCUT2D eigenvalue weighted by Gasteiger charge is 2.27. The lowest BCUT2D eigenvalue weighted by Gasteiger charge is -2.20. The summed E-state index contributed by atoms with van der Waals surface area (Å²) in [6.07, 6.45) is 2.36. The summed E-state index contributed by atoms with van der Waals surface area (Å²) in [4.78, 5) is 20.6. The van der Waals surface area contributed by atoms with Crippen molar-refractivity contribution in [3.63, 3.8) is 0 Å². The Balaban J connectivity index is 1.77. The minimum atomic E-state index is -2.60. The highest BCUT2D eigenvalue weighted by Crippen LogP contribution is 2.31. The summed E-state index contributed by atoms with van der Waals surface area (Å²) >= 11 is 0. The van der Waals surface area contributed by atoms with Gasteiger partial charge in [-0.2, -0.15) is 5.10 Å². The second kappa shape index (κ2) is 7.75. The minimum absolute atomic E-state index is 0.169. The van der Waals surface area contributed by atoms with Crippen LogP contribution in [0.4, 0.5) is 8.78 Å². The van der Waals surface area contributed by atoms with Crippen molar-refractivity contribution in [3.05, 3.63) is 36.4 Å². The van der Waals surface area contributed by atoms with Gasteiger partial charge in [0, 0.05) is 37.8 Å². The molecule has 0 saturated carbocycles. The summed E-state index contributed by atoms with van der Waals surface area (Å²) in [5, 5.41) is 7.01. The molecule has 0 aromatic carbocycles. The fourth-order valence-electron chi connectivity index (χ4n) is 3.43. The number of ether oxygens (including phenoxy) is 1. The molecule has 31 heavy (non-hydrogen) atoms. The molecule has 3 aromatic rings. The third-order valence-electron chi connectivity index (χ3n) is 5.07. The summed E-state index contributed by atoms with van der Waals surface area (Å²) < 4.78 is 36.1. The second-order valence-corrected chi connectivity index (χ2v) is 8.55. The van der Waals surface area contributed by atoms with Gasteiger partial charge in [-0.3, -0.25) is 9.48 Å². The normalized spacial score (nSPS) is 15.5. The standard InChI is InChI=1S/C21H24F2N6O2/c1-21(2,3)29-10-13(9-26-29)14-6-15-19(28(4)11-25-15)20(27-14)31-16(7-17(22)23)12-5-18(30)24-8-12/h5-6,9-11,16-17H,7-8H2,1-4H3,(H,24,30)/t16-/m1/s1. The molecular weight excluding hydrogens is 406 g/mol. The van der Waals surface area contributed by atoms with E-state index in [1.54, 1.807) is 24.1 Å². The van der Waals surface area contributed by atoms with Crippen molar-refractivity contribution >= 4 is 16.9 Å². The number of aryl methyl sites for hydroxylation is 1. The summed E-state index contributed by atoms with van der Waals surface area (Å²) in [5.41, 5.74) is 2.80. The summed E-state index contributed by atoms with van der Waals surface area (Å²) in [7, 11) is 1.78. The van der Waals surface area contributed by atoms with Gasteiger partial charge in [-0.1, -0.05) is 0 Å². The van der Waals surface area contributed by atoms with Crippen molar-refractivity contribution in [1.29, 1.82) is 0 Å². The molecule has 0 spiro atoms. The molecule has 3 aromatic heterocycles. The fourth-order valence-corrected chi connectivity index (χ4v) is 3.43. The van der Waals surface area contributed by atoms with Crippen molar-refractivity contribution in [3.8, 4) is 17.1 Å². The smallest absolute Gasteiger partial charge is 0.244 e. The third-order valence-corrected chi connectivity index (χ3v) is 5.07. The van der Waals surface area contributed by atoms with Crippen LogP contribution in [0.5, 0.6) is 5.88 Å². The molecule has 0 unspecified atom stereocenters. The van der Waals surface area contributed by atoms with E-state index in [0.717, 1.165) is 5.56 Å². The number of amides is 1. The summed E-state index contributed by atoms with van der Waals surface area (Å²) in [5.74, 6) is -0.137. The van der Waals surface area contributed by atoms with Gasteiger partial charge in [0.2, 0.25) is 18.2 Å². The van der Waals surface area contributed by atoms with Crippen LogP contribution in [0.15, 0.2) is 36.4 Å². The van der Waals surface area contributed by atoms with E-state index in [9.17, 15) is 13.6 Å². The molecule has 10 heteroatoms. The number of nitrogens with zero attached hydrogens (tertiary/aromatic N) is 5. The second-order valence-electron chi connectivity index (χ2n) is 8.55. The lowest BCUT2D eigenvalue weighted by Crippen LogP contribution is -2.26. The molecule has 1 amide bonds. The van der Waals surface area contributed by atoms with Gasteiger partial charge in [0.15, 0.2) is 0 Å². The Kier molecular flexibility index (Phi) is 5.24. The fraction of sp³-hybridized carbons (Fsp3) is 0.429. The molecule has 0 fully saturated rings. The zero-order valence-corrected chi connectivity index (χ0v) is 17.8. The zero-order chi connectivity index (χ0) is 22.3. The Morgan fingerprint density at radius 1 is 1.32 bits per heavy atom. The largest absolute Gasteiger partial charge is 0.468 e. The number of aromatic nitrogens is 5. The lowest BCUT2D eigenvalue weighted by atomic mass is 10.1. The van der Waals surface area contributed by atoms with Crippen molar-refractivity contribution < 1.29 is 18.3 Å². The maximum atomic E-state index is 13.3. The first-order valence-electron chi connectivity index (χ1n) is 9.92. The van der Waals surface area contributed by atoms with Gasteiger partial charge in [-0.25, -0.2) is 18.7 Å². The Labute approximate surface area is 177 Å². The van der Waals surface area contributed by atoms with Crippen LogP contribution in [0, 0.1) is 0 Å². The maximum absolute atomic E-state index is 13.3. The Morgan fingerprint density at radius 2 is 2.10 bits per heavy atom. The van der Waals surface area contributed by atoms with Crippen molar-refractivity contribution in [2.45, 2.75) is 45.3 Å². The first-order valence-corrected chi connectivity index (χ1v) is 9.92. The van der Waals surface area contributed by atoms with Gasteiger partial charge < -0.3 is 14.6 Å². The number of carbonyl (C=O) groups excluding carboxylic acids is 1. The van der Waals surface area contributed by atoms with Crippen molar-refractivity contribution in [1.82, 2.24) is 29.6 Å². The van der Waals surface area contributed by atoms with E-state index in [4.69, 9.17) is 4.74 Å². The lowest BCUT2D eigenvalue weighted by molar-refractivity contribution is -0.115. The van der Waals surface area contributed by atoms with Gasteiger partial charge in [-0.05, 0) is 32.4 Å². The number of nitrogens with one attached hydrogen (secondary N) is 1. The molecule has 164 valence electrons. The van der Waals surface area contributed by atoms with Gasteiger partial charge in [0.05, 0.1) is 29.3 Å². The summed E-state index contributed by atoms with van der Waals surface area (Å²) in [6.45, 7) is 6.27. The maximum Gasteiger partial charge on any atom is 0.244 e. The van der Waals surface area contributed by atoms with Gasteiger partial charge >= 0.3 is 0 Å². The van der Waals surface area contributed by atoms with Gasteiger partial charge in [0.25, 0.3) is 0 Å². The number of imidazole rings is 1. The van der Waals surface area contributed by atoms with Crippen LogP contribution >= 0.6 is 0 Å². The summed E-state index contributed by atoms with van der Waals surface area (Å²) in [6, 6.07) is 1.81. The monoisotopic (exact) mass is 430 g/mol. The van der Waals surface area contributed by atoms with Crippen LogP contribution in [0.1, 0.15) is 27.2 Å². The minimum Gasteiger partial charge on any atom is -0.468 e. The van der Waals surface area contributed by atoms with Crippen molar-refractivity contribution in [2.24, 2.45) is 7.05 Å². The molecule has 0 aliphatic carbocycles. The molecule has 4 heterocycles. The first kappa shape index (κ1) is 21.0. The Morgan fingerprint density at radius 3 is 2.71 bits per heavy atom. The number of halogens is 2. The van der Waals surface area contributed by atoms with Crippen LogP contribution in [0.3, 0.4) is 0 Å². The van der Waals surface area contributed by atoms with E-state index in [1.807, 2.05) is 37.7 Å². The Bertz CT molecular complexity index is 1160. The van der Waals surface area contributed by atoms with Gasteiger partial charge in [0.1, 0.15) is 11.6 Å². The number of alkyl halides is 2. The molecule has 8 nitrogen and oxygen atoms in total. The molecule has 0 radical (unpaired) electrons. The number of hydrogen-bond donors (Lipinski definition) is 1. The van der Waals surface area contributed by atoms with E-state index < -0.39 is 19.0 Å². The number of rotatable bonds is 6. The number of hydrogen-bond acceptors (Lipinski definition) is 5. The molecule has 1 atom stereocenters. The molecule has 4 rings (SSSR count). The Hall–Kier alpha value is -3.30. The average molecular weight is 430 g/mol. The third kappa shape index (κ3) is 4.28.